The monoisotopic (exact) mass is 252 g/mol. The summed E-state index contributed by atoms with van der Waals surface area (Å²) < 4.78 is 4.42. The summed E-state index contributed by atoms with van der Waals surface area (Å²) in [5, 5.41) is 8.86. The molecule has 17 heavy (non-hydrogen) atoms. The minimum atomic E-state index is -0.301. The molecule has 6 nitrogen and oxygen atoms in total. The molecule has 2 N–H and O–H groups in total. The number of anilines is 1. The molecule has 0 aliphatic rings. The second-order valence-corrected chi connectivity index (χ2v) is 4.58. The fraction of sp³-hybridized carbons (Fsp3) is 0.300. The van der Waals surface area contributed by atoms with E-state index < -0.39 is 0 Å². The lowest BCUT2D eigenvalue weighted by Crippen LogP contribution is -2.30. The smallest absolute Gasteiger partial charge is 0.280 e. The van der Waals surface area contributed by atoms with Gasteiger partial charge in [-0.05, 0) is 28.7 Å². The molecule has 0 spiro atoms. The van der Waals surface area contributed by atoms with Gasteiger partial charge in [-0.3, -0.25) is 4.79 Å². The summed E-state index contributed by atoms with van der Waals surface area (Å²) in [7, 11) is 1.70. The number of nitrogen functional groups attached to an aromatic ring is 1. The van der Waals surface area contributed by atoms with Gasteiger partial charge in [-0.1, -0.05) is 6.07 Å². The first-order valence-corrected chi connectivity index (χ1v) is 5.88. The molecule has 0 saturated heterocycles. The van der Waals surface area contributed by atoms with Crippen molar-refractivity contribution < 1.29 is 9.42 Å². The Morgan fingerprint density at radius 3 is 2.88 bits per heavy atom. The van der Waals surface area contributed by atoms with Crippen molar-refractivity contribution in [3.63, 3.8) is 0 Å². The molecule has 0 bridgehead atoms. The first-order valence-electron chi connectivity index (χ1n) is 5.00. The molecule has 2 aromatic heterocycles. The molecule has 0 aliphatic heterocycles. The lowest BCUT2D eigenvalue weighted by Gasteiger charge is -2.22. The molecule has 0 aliphatic carbocycles. The van der Waals surface area contributed by atoms with Crippen molar-refractivity contribution in [1.29, 1.82) is 0 Å². The highest BCUT2D eigenvalue weighted by Gasteiger charge is 2.24. The maximum atomic E-state index is 12.1. The highest BCUT2D eigenvalue weighted by atomic mass is 32.1. The number of aromatic nitrogens is 2. The molecule has 2 aromatic rings. The van der Waals surface area contributed by atoms with Crippen molar-refractivity contribution in [2.24, 2.45) is 0 Å². The summed E-state index contributed by atoms with van der Waals surface area (Å²) in [6.45, 7) is 1.94. The van der Waals surface area contributed by atoms with Crippen LogP contribution in [0.2, 0.25) is 0 Å². The number of hydrogen-bond acceptors (Lipinski definition) is 6. The van der Waals surface area contributed by atoms with Crippen molar-refractivity contribution >= 4 is 23.1 Å². The largest absolute Gasteiger partial charge is 0.379 e. The van der Waals surface area contributed by atoms with Gasteiger partial charge in [0, 0.05) is 11.9 Å². The van der Waals surface area contributed by atoms with Gasteiger partial charge in [0.05, 0.1) is 6.04 Å². The van der Waals surface area contributed by atoms with Crippen LogP contribution in [-0.2, 0) is 0 Å². The minimum absolute atomic E-state index is 0.0141. The zero-order valence-electron chi connectivity index (χ0n) is 9.45. The number of thiophene rings is 1. The fourth-order valence-electron chi connectivity index (χ4n) is 1.41. The summed E-state index contributed by atoms with van der Waals surface area (Å²) in [5.41, 5.74) is 5.54. The average Bonchev–Trinajstić information content (AvgIpc) is 2.96. The number of carbonyl (C=O) groups is 1. The maximum absolute atomic E-state index is 12.1. The van der Waals surface area contributed by atoms with Crippen LogP contribution in [0.3, 0.4) is 0 Å². The van der Waals surface area contributed by atoms with Crippen LogP contribution >= 0.6 is 11.3 Å². The fourth-order valence-corrected chi connectivity index (χ4v) is 2.23. The van der Waals surface area contributed by atoms with Crippen molar-refractivity contribution in [1.82, 2.24) is 15.2 Å². The lowest BCUT2D eigenvalue weighted by molar-refractivity contribution is 0.0734. The third-order valence-corrected chi connectivity index (χ3v) is 3.62. The zero-order valence-corrected chi connectivity index (χ0v) is 10.3. The Hall–Kier alpha value is -1.89. The predicted octanol–water partition coefficient (Wildman–Crippen LogP) is 1.55. The molecular formula is C10H12N4O2S. The third kappa shape index (κ3) is 2.14. The summed E-state index contributed by atoms with van der Waals surface area (Å²) in [6.07, 6.45) is 0. The Bertz CT molecular complexity index is 508. The van der Waals surface area contributed by atoms with Crippen LogP contribution in [-0.4, -0.2) is 28.2 Å². The SMILES string of the molecule is CC(c1cccs1)N(C)C(=O)c1nonc1N. The van der Waals surface area contributed by atoms with Gasteiger partial charge < -0.3 is 10.6 Å². The highest BCUT2D eigenvalue weighted by molar-refractivity contribution is 7.10. The van der Waals surface area contributed by atoms with Crippen LogP contribution in [0, 0.1) is 0 Å². The Morgan fingerprint density at radius 2 is 2.35 bits per heavy atom. The van der Waals surface area contributed by atoms with Gasteiger partial charge in [0.1, 0.15) is 0 Å². The molecule has 1 amide bonds. The van der Waals surface area contributed by atoms with Gasteiger partial charge in [-0.15, -0.1) is 11.3 Å². The summed E-state index contributed by atoms with van der Waals surface area (Å²) in [6, 6.07) is 3.88. The van der Waals surface area contributed by atoms with Gasteiger partial charge >= 0.3 is 0 Å². The number of hydrogen-bond donors (Lipinski definition) is 1. The van der Waals surface area contributed by atoms with Crippen LogP contribution < -0.4 is 5.73 Å². The maximum Gasteiger partial charge on any atom is 0.280 e. The molecule has 0 aromatic carbocycles. The standard InChI is InChI=1S/C10H12N4O2S/c1-6(7-4-3-5-17-7)14(2)10(15)8-9(11)13-16-12-8/h3-6H,1-2H3,(H2,11,13). The number of carbonyl (C=O) groups excluding carboxylic acids is 1. The Morgan fingerprint density at radius 1 is 1.59 bits per heavy atom. The first kappa shape index (κ1) is 11.6. The van der Waals surface area contributed by atoms with Gasteiger partial charge in [0.15, 0.2) is 0 Å². The van der Waals surface area contributed by atoms with E-state index in [4.69, 9.17) is 5.73 Å². The summed E-state index contributed by atoms with van der Waals surface area (Å²) in [5.74, 6) is -0.287. The van der Waals surface area contributed by atoms with Crippen LogP contribution in [0.15, 0.2) is 22.1 Å². The van der Waals surface area contributed by atoms with E-state index >= 15 is 0 Å². The quantitative estimate of drug-likeness (QED) is 0.895. The topological polar surface area (TPSA) is 85.2 Å². The van der Waals surface area contributed by atoms with Crippen LogP contribution in [0.5, 0.6) is 0 Å². The molecule has 0 saturated carbocycles. The molecule has 0 radical (unpaired) electrons. The van der Waals surface area contributed by atoms with Gasteiger partial charge in [0.2, 0.25) is 11.5 Å². The van der Waals surface area contributed by atoms with E-state index in [1.54, 1.807) is 23.3 Å². The second kappa shape index (κ2) is 4.54. The summed E-state index contributed by atoms with van der Waals surface area (Å²) >= 11 is 1.59. The Labute approximate surface area is 102 Å². The van der Waals surface area contributed by atoms with E-state index in [-0.39, 0.29) is 23.5 Å². The number of rotatable bonds is 3. The van der Waals surface area contributed by atoms with Crippen LogP contribution in [0.1, 0.15) is 28.3 Å². The van der Waals surface area contributed by atoms with E-state index in [1.165, 1.54) is 0 Å². The average molecular weight is 252 g/mol. The van der Waals surface area contributed by atoms with Crippen molar-refractivity contribution in [3.8, 4) is 0 Å². The van der Waals surface area contributed by atoms with E-state index in [0.717, 1.165) is 4.88 Å². The van der Waals surface area contributed by atoms with Gasteiger partial charge in [0.25, 0.3) is 5.91 Å². The molecule has 1 unspecified atom stereocenters. The zero-order chi connectivity index (χ0) is 12.4. The predicted molar refractivity (Wildman–Crippen MR) is 63.5 cm³/mol. The van der Waals surface area contributed by atoms with E-state index in [0.29, 0.717) is 0 Å². The summed E-state index contributed by atoms with van der Waals surface area (Å²) in [4.78, 5) is 14.7. The number of nitrogens with zero attached hydrogens (tertiary/aromatic N) is 3. The van der Waals surface area contributed by atoms with E-state index in [1.807, 2.05) is 24.4 Å². The van der Waals surface area contributed by atoms with Gasteiger partial charge in [-0.2, -0.15) is 0 Å². The molecule has 90 valence electrons. The molecule has 1 atom stereocenters. The van der Waals surface area contributed by atoms with Crippen molar-refractivity contribution in [2.45, 2.75) is 13.0 Å². The van der Waals surface area contributed by atoms with Crippen LogP contribution in [0.25, 0.3) is 0 Å². The molecular weight excluding hydrogens is 240 g/mol. The minimum Gasteiger partial charge on any atom is -0.379 e. The Balaban J connectivity index is 2.18. The molecule has 0 fully saturated rings. The molecule has 2 rings (SSSR count). The number of nitrogens with two attached hydrogens (primary N) is 1. The first-order chi connectivity index (χ1) is 8.11. The van der Waals surface area contributed by atoms with Crippen molar-refractivity contribution in [3.05, 3.63) is 28.1 Å². The highest BCUT2D eigenvalue weighted by Crippen LogP contribution is 2.24. The van der Waals surface area contributed by atoms with Crippen molar-refractivity contribution in [2.75, 3.05) is 12.8 Å². The third-order valence-electron chi connectivity index (χ3n) is 2.57. The van der Waals surface area contributed by atoms with Gasteiger partial charge in [-0.25, -0.2) is 4.63 Å². The lowest BCUT2D eigenvalue weighted by atomic mass is 10.2. The van der Waals surface area contributed by atoms with Crippen LogP contribution in [0.4, 0.5) is 5.82 Å². The molecule has 2 heterocycles. The van der Waals surface area contributed by atoms with E-state index in [9.17, 15) is 4.79 Å². The molecule has 7 heteroatoms. The Kier molecular flexibility index (Phi) is 3.10. The second-order valence-electron chi connectivity index (χ2n) is 3.61. The number of amides is 1. The van der Waals surface area contributed by atoms with E-state index in [2.05, 4.69) is 14.9 Å². The normalized spacial score (nSPS) is 12.4.